The van der Waals surface area contributed by atoms with Crippen LogP contribution >= 0.6 is 0 Å². The van der Waals surface area contributed by atoms with Crippen molar-refractivity contribution in [2.24, 2.45) is 0 Å². The lowest BCUT2D eigenvalue weighted by Gasteiger charge is -2.22. The van der Waals surface area contributed by atoms with Crippen LogP contribution in [0.25, 0.3) is 0 Å². The lowest BCUT2D eigenvalue weighted by atomic mass is 9.96. The molecule has 1 fully saturated rings. The standard InChI is InChI=1S/C20H32N2O3S/c1-4-22(5-2)26(24,25)18-14-13-16(3)19(15-18)20(23)21-17-11-9-7-6-8-10-12-17/h13-15,17H,4-12H2,1-3H3,(H,21,23). The summed E-state index contributed by atoms with van der Waals surface area (Å²) in [5.74, 6) is -0.162. The van der Waals surface area contributed by atoms with Crippen molar-refractivity contribution >= 4 is 15.9 Å². The number of aryl methyl sites for hydroxylation is 1. The predicted octanol–water partition coefficient (Wildman–Crippen LogP) is 3.87. The Morgan fingerprint density at radius 1 is 1.08 bits per heavy atom. The predicted molar refractivity (Wildman–Crippen MR) is 105 cm³/mol. The number of nitrogens with zero attached hydrogens (tertiary/aromatic N) is 1. The van der Waals surface area contributed by atoms with Gasteiger partial charge in [-0.3, -0.25) is 4.79 Å². The number of rotatable bonds is 6. The van der Waals surface area contributed by atoms with Gasteiger partial charge in [0.1, 0.15) is 0 Å². The van der Waals surface area contributed by atoms with Crippen molar-refractivity contribution in [1.82, 2.24) is 9.62 Å². The van der Waals surface area contributed by atoms with Crippen molar-refractivity contribution in [3.05, 3.63) is 29.3 Å². The van der Waals surface area contributed by atoms with Crippen LogP contribution in [0.1, 0.15) is 74.7 Å². The number of amides is 1. The van der Waals surface area contributed by atoms with Gasteiger partial charge in [-0.05, 0) is 37.5 Å². The lowest BCUT2D eigenvalue weighted by molar-refractivity contribution is 0.0929. The van der Waals surface area contributed by atoms with E-state index in [1.807, 2.05) is 20.8 Å². The molecule has 0 unspecified atom stereocenters. The first-order chi connectivity index (χ1) is 12.4. The van der Waals surface area contributed by atoms with Crippen LogP contribution in [0.4, 0.5) is 0 Å². The summed E-state index contributed by atoms with van der Waals surface area (Å²) >= 11 is 0. The molecule has 6 heteroatoms. The van der Waals surface area contributed by atoms with Crippen LogP contribution in [-0.2, 0) is 10.0 Å². The molecule has 0 radical (unpaired) electrons. The molecule has 0 atom stereocenters. The van der Waals surface area contributed by atoms with E-state index in [0.29, 0.717) is 18.7 Å². The Bertz CT molecular complexity index is 704. The number of carbonyl (C=O) groups excluding carboxylic acids is 1. The van der Waals surface area contributed by atoms with Gasteiger partial charge in [-0.1, -0.05) is 52.0 Å². The smallest absolute Gasteiger partial charge is 0.251 e. The maximum absolute atomic E-state index is 12.8. The van der Waals surface area contributed by atoms with Gasteiger partial charge in [-0.25, -0.2) is 8.42 Å². The number of hydrogen-bond acceptors (Lipinski definition) is 3. The fourth-order valence-corrected chi connectivity index (χ4v) is 5.07. The van der Waals surface area contributed by atoms with Crippen LogP contribution in [0.15, 0.2) is 23.1 Å². The van der Waals surface area contributed by atoms with Gasteiger partial charge in [-0.2, -0.15) is 4.31 Å². The van der Waals surface area contributed by atoms with Crippen molar-refractivity contribution < 1.29 is 13.2 Å². The summed E-state index contributed by atoms with van der Waals surface area (Å²) in [6.45, 7) is 6.31. The first-order valence-electron chi connectivity index (χ1n) is 9.81. The average molecular weight is 381 g/mol. The fraction of sp³-hybridized carbons (Fsp3) is 0.650. The Kier molecular flexibility index (Phi) is 7.65. The number of benzene rings is 1. The summed E-state index contributed by atoms with van der Waals surface area (Å²) in [6, 6.07) is 5.03. The molecule has 1 aromatic carbocycles. The molecular formula is C20H32N2O3S. The second-order valence-corrected chi connectivity index (χ2v) is 9.02. The van der Waals surface area contributed by atoms with Crippen LogP contribution in [-0.4, -0.2) is 37.8 Å². The van der Waals surface area contributed by atoms with Crippen LogP contribution in [0.2, 0.25) is 0 Å². The number of carbonyl (C=O) groups is 1. The zero-order valence-corrected chi connectivity index (χ0v) is 17.1. The second-order valence-electron chi connectivity index (χ2n) is 7.08. The maximum Gasteiger partial charge on any atom is 0.251 e. The maximum atomic E-state index is 12.8. The molecule has 1 aliphatic carbocycles. The zero-order valence-electron chi connectivity index (χ0n) is 16.3. The molecule has 146 valence electrons. The van der Waals surface area contributed by atoms with Gasteiger partial charge in [0.25, 0.3) is 5.91 Å². The number of sulfonamides is 1. The molecule has 1 aliphatic rings. The number of hydrogen-bond donors (Lipinski definition) is 1. The molecule has 1 saturated carbocycles. The van der Waals surface area contributed by atoms with Gasteiger partial charge in [0, 0.05) is 24.7 Å². The van der Waals surface area contributed by atoms with Crippen molar-refractivity contribution in [1.29, 1.82) is 0 Å². The Morgan fingerprint density at radius 2 is 1.65 bits per heavy atom. The van der Waals surface area contributed by atoms with Crippen LogP contribution in [0, 0.1) is 6.92 Å². The van der Waals surface area contributed by atoms with E-state index in [2.05, 4.69) is 5.32 Å². The molecule has 1 amide bonds. The Balaban J connectivity index is 2.21. The summed E-state index contributed by atoms with van der Waals surface area (Å²) < 4.78 is 26.9. The monoisotopic (exact) mass is 380 g/mol. The van der Waals surface area contributed by atoms with Crippen LogP contribution in [0.5, 0.6) is 0 Å². The van der Waals surface area contributed by atoms with Gasteiger partial charge in [-0.15, -0.1) is 0 Å². The van der Waals surface area contributed by atoms with E-state index in [0.717, 1.165) is 31.2 Å². The summed E-state index contributed by atoms with van der Waals surface area (Å²) in [6.07, 6.45) is 8.02. The van der Waals surface area contributed by atoms with Crippen LogP contribution < -0.4 is 5.32 Å². The van der Waals surface area contributed by atoms with E-state index in [1.54, 1.807) is 12.1 Å². The summed E-state index contributed by atoms with van der Waals surface area (Å²) in [5, 5.41) is 3.13. The normalized spacial score (nSPS) is 16.9. The van der Waals surface area contributed by atoms with E-state index in [1.165, 1.54) is 29.6 Å². The highest BCUT2D eigenvalue weighted by atomic mass is 32.2. The van der Waals surface area contributed by atoms with Crippen molar-refractivity contribution in [2.75, 3.05) is 13.1 Å². The average Bonchev–Trinajstić information content (AvgIpc) is 2.58. The molecule has 1 N–H and O–H groups in total. The Labute approximate surface area is 158 Å². The summed E-state index contributed by atoms with van der Waals surface area (Å²) in [7, 11) is -3.56. The Morgan fingerprint density at radius 3 is 2.23 bits per heavy atom. The summed E-state index contributed by atoms with van der Waals surface area (Å²) in [5.41, 5.74) is 1.26. The Hall–Kier alpha value is -1.40. The molecule has 1 aromatic rings. The fourth-order valence-electron chi connectivity index (χ4n) is 3.58. The quantitative estimate of drug-likeness (QED) is 0.815. The highest BCUT2D eigenvalue weighted by molar-refractivity contribution is 7.89. The van der Waals surface area contributed by atoms with E-state index < -0.39 is 10.0 Å². The van der Waals surface area contributed by atoms with E-state index in [4.69, 9.17) is 0 Å². The van der Waals surface area contributed by atoms with Gasteiger partial charge in [0.2, 0.25) is 10.0 Å². The highest BCUT2D eigenvalue weighted by Gasteiger charge is 2.24. The van der Waals surface area contributed by atoms with Gasteiger partial charge >= 0.3 is 0 Å². The third kappa shape index (κ3) is 5.07. The lowest BCUT2D eigenvalue weighted by Crippen LogP contribution is -2.36. The van der Waals surface area contributed by atoms with E-state index in [-0.39, 0.29) is 16.8 Å². The highest BCUT2D eigenvalue weighted by Crippen LogP contribution is 2.21. The molecule has 0 heterocycles. The third-order valence-corrected chi connectivity index (χ3v) is 7.28. The topological polar surface area (TPSA) is 66.5 Å². The molecule has 0 aliphatic heterocycles. The first kappa shape index (κ1) is 20.9. The van der Waals surface area contributed by atoms with Gasteiger partial charge in [0.05, 0.1) is 4.90 Å². The van der Waals surface area contributed by atoms with Crippen molar-refractivity contribution in [3.8, 4) is 0 Å². The molecule has 5 nitrogen and oxygen atoms in total. The van der Waals surface area contributed by atoms with Gasteiger partial charge < -0.3 is 5.32 Å². The van der Waals surface area contributed by atoms with E-state index in [9.17, 15) is 13.2 Å². The molecule has 2 rings (SSSR count). The molecular weight excluding hydrogens is 348 g/mol. The minimum absolute atomic E-state index is 0.162. The third-order valence-electron chi connectivity index (χ3n) is 5.24. The molecule has 0 spiro atoms. The minimum Gasteiger partial charge on any atom is -0.349 e. The van der Waals surface area contributed by atoms with E-state index >= 15 is 0 Å². The SMILES string of the molecule is CCN(CC)S(=O)(=O)c1ccc(C)c(C(=O)NC2CCCCCCC2)c1. The summed E-state index contributed by atoms with van der Waals surface area (Å²) in [4.78, 5) is 13.0. The largest absolute Gasteiger partial charge is 0.349 e. The molecule has 0 aromatic heterocycles. The van der Waals surface area contributed by atoms with Crippen LogP contribution in [0.3, 0.4) is 0 Å². The molecule has 26 heavy (non-hydrogen) atoms. The van der Waals surface area contributed by atoms with Crippen molar-refractivity contribution in [2.45, 2.75) is 76.7 Å². The second kappa shape index (κ2) is 9.51. The first-order valence-corrected chi connectivity index (χ1v) is 11.3. The minimum atomic E-state index is -3.56. The zero-order chi connectivity index (χ0) is 19.2. The van der Waals surface area contributed by atoms with Crippen molar-refractivity contribution in [3.63, 3.8) is 0 Å². The van der Waals surface area contributed by atoms with Gasteiger partial charge in [0.15, 0.2) is 0 Å². The molecule has 0 saturated heterocycles. The number of nitrogens with one attached hydrogen (secondary N) is 1. The molecule has 0 bridgehead atoms.